The summed E-state index contributed by atoms with van der Waals surface area (Å²) in [6.45, 7) is 2.72. The molecule has 0 saturated heterocycles. The van der Waals surface area contributed by atoms with E-state index in [2.05, 4.69) is 0 Å². The fourth-order valence-corrected chi connectivity index (χ4v) is 0. The zero-order valence-corrected chi connectivity index (χ0v) is 6.20. The highest BCUT2D eigenvalue weighted by Gasteiger charge is 2.05. The minimum absolute atomic E-state index is 0.750. The molecule has 0 bridgehead atoms. The third kappa shape index (κ3) is 3820. The van der Waals surface area contributed by atoms with E-state index in [1.807, 2.05) is 0 Å². The van der Waals surface area contributed by atoms with Gasteiger partial charge in [0, 0.05) is 0 Å². The molecule has 0 aromatic rings. The van der Waals surface area contributed by atoms with Crippen LogP contribution in [0.15, 0.2) is 0 Å². The third-order valence-corrected chi connectivity index (χ3v) is 0. The van der Waals surface area contributed by atoms with E-state index in [0.29, 0.717) is 0 Å². The smallest absolute Gasteiger partial charge is 0.212 e. The lowest BCUT2D eigenvalue weighted by molar-refractivity contribution is -0.106. The van der Waals surface area contributed by atoms with Crippen molar-refractivity contribution in [2.75, 3.05) is 0 Å². The molecule has 0 aliphatic rings. The molecule has 0 unspecified atom stereocenters. The van der Waals surface area contributed by atoms with Crippen LogP contribution >= 0.6 is 23.2 Å². The van der Waals surface area contributed by atoms with E-state index < -0.39 is 4.52 Å². The molecule has 0 saturated carbocycles. The van der Waals surface area contributed by atoms with Gasteiger partial charge in [-0.05, 0) is 13.8 Å². The van der Waals surface area contributed by atoms with E-state index in [9.17, 15) is 0 Å². The first-order valence-corrected chi connectivity index (χ1v) is 2.67. The summed E-state index contributed by atoms with van der Waals surface area (Å²) in [7, 11) is 0. The molecule has 50 valence electrons. The zero-order valence-electron chi connectivity index (χ0n) is 4.69. The third-order valence-electron chi connectivity index (χ3n) is 0. The highest BCUT2D eigenvalue weighted by molar-refractivity contribution is 6.46. The molecule has 0 amide bonds. The maximum absolute atomic E-state index is 8.81. The molecule has 0 aliphatic carbocycles. The van der Waals surface area contributed by atoms with E-state index >= 15 is 0 Å². The van der Waals surface area contributed by atoms with E-state index in [1.165, 1.54) is 13.8 Å². The zero-order chi connectivity index (χ0) is 7.21. The first kappa shape index (κ1) is 11.1. The second kappa shape index (κ2) is 5.35. The van der Waals surface area contributed by atoms with Gasteiger partial charge in [0.05, 0.1) is 0 Å². The predicted octanol–water partition coefficient (Wildman–Crippen LogP) is 1.34. The molecule has 2 nitrogen and oxygen atoms in total. The molecule has 0 spiro atoms. The van der Waals surface area contributed by atoms with Crippen LogP contribution in [0.25, 0.3) is 0 Å². The largest absolute Gasteiger partial charge is 0.363 e. The maximum Gasteiger partial charge on any atom is 0.212 e. The summed E-state index contributed by atoms with van der Waals surface area (Å²) in [5.74, 6) is 0. The molecular formula is C4H8Cl2O2. The van der Waals surface area contributed by atoms with Crippen molar-refractivity contribution < 1.29 is 9.90 Å². The average molecular weight is 159 g/mol. The van der Waals surface area contributed by atoms with E-state index in [-0.39, 0.29) is 0 Å². The number of aldehydes is 1. The normalized spacial score (nSPS) is 9.12. The van der Waals surface area contributed by atoms with Gasteiger partial charge in [0.15, 0.2) is 0 Å². The van der Waals surface area contributed by atoms with Crippen LogP contribution in [0.1, 0.15) is 13.8 Å². The van der Waals surface area contributed by atoms with Gasteiger partial charge in [0.2, 0.25) is 4.52 Å². The Balaban J connectivity index is 0. The lowest BCUT2D eigenvalue weighted by Gasteiger charge is -1.97. The lowest BCUT2D eigenvalue weighted by Crippen LogP contribution is -2.00. The number of hydrogen-bond acceptors (Lipinski definition) is 2. The van der Waals surface area contributed by atoms with Crippen molar-refractivity contribution in [3.05, 3.63) is 0 Å². The minimum Gasteiger partial charge on any atom is -0.363 e. The number of carbonyl (C=O) groups excluding carboxylic acids is 1. The van der Waals surface area contributed by atoms with Crippen molar-refractivity contribution in [3.63, 3.8) is 0 Å². The monoisotopic (exact) mass is 158 g/mol. The summed E-state index contributed by atoms with van der Waals surface area (Å²) >= 11 is 9.70. The molecule has 0 atom stereocenters. The number of halogens is 2. The Morgan fingerprint density at radius 3 is 1.62 bits per heavy atom. The molecule has 0 aromatic heterocycles. The van der Waals surface area contributed by atoms with Crippen molar-refractivity contribution in [1.82, 2.24) is 0 Å². The second-order valence-corrected chi connectivity index (χ2v) is 2.74. The van der Waals surface area contributed by atoms with Crippen LogP contribution < -0.4 is 0 Å². The Bertz CT molecular complexity index is 51.5. The predicted molar refractivity (Wildman–Crippen MR) is 34.1 cm³/mol. The highest BCUT2D eigenvalue weighted by Crippen LogP contribution is 2.12. The van der Waals surface area contributed by atoms with Gasteiger partial charge in [-0.2, -0.15) is 0 Å². The Labute approximate surface area is 58.4 Å². The van der Waals surface area contributed by atoms with Gasteiger partial charge in [-0.3, -0.25) is 0 Å². The van der Waals surface area contributed by atoms with Crippen LogP contribution in [0.4, 0.5) is 0 Å². The standard InChI is InChI=1S/C2H4Cl2O.C2H4O/c1-2(3,4)5;1-2-3/h5H,1H3;2H,1H3. The van der Waals surface area contributed by atoms with Gasteiger partial charge < -0.3 is 9.90 Å². The summed E-state index contributed by atoms with van der Waals surface area (Å²) in [6, 6.07) is 0. The second-order valence-electron chi connectivity index (χ2n) is 1.08. The molecule has 0 heterocycles. The average Bonchev–Trinajstić information content (AvgIpc) is 1.27. The van der Waals surface area contributed by atoms with Crippen molar-refractivity contribution >= 4 is 29.5 Å². The topological polar surface area (TPSA) is 37.3 Å². The van der Waals surface area contributed by atoms with Crippen LogP contribution in [0.5, 0.6) is 0 Å². The summed E-state index contributed by atoms with van der Waals surface area (Å²) in [6.07, 6.45) is 0.750. The molecular weight excluding hydrogens is 151 g/mol. The van der Waals surface area contributed by atoms with Crippen LogP contribution in [-0.2, 0) is 4.79 Å². The van der Waals surface area contributed by atoms with Gasteiger partial charge in [-0.1, -0.05) is 23.2 Å². The van der Waals surface area contributed by atoms with Crippen molar-refractivity contribution in [1.29, 1.82) is 0 Å². The first-order valence-electron chi connectivity index (χ1n) is 1.91. The minimum atomic E-state index is -1.56. The van der Waals surface area contributed by atoms with Crippen molar-refractivity contribution in [3.8, 4) is 0 Å². The Morgan fingerprint density at radius 1 is 1.62 bits per heavy atom. The summed E-state index contributed by atoms with van der Waals surface area (Å²) in [5.41, 5.74) is 0. The fraction of sp³-hybridized carbons (Fsp3) is 0.750. The number of rotatable bonds is 0. The Morgan fingerprint density at radius 2 is 1.62 bits per heavy atom. The van der Waals surface area contributed by atoms with E-state index in [0.717, 1.165) is 6.29 Å². The van der Waals surface area contributed by atoms with Gasteiger partial charge in [0.25, 0.3) is 0 Å². The number of carbonyl (C=O) groups is 1. The molecule has 8 heavy (non-hydrogen) atoms. The summed E-state index contributed by atoms with van der Waals surface area (Å²) in [4.78, 5) is 8.81. The Kier molecular flexibility index (Phi) is 7.40. The van der Waals surface area contributed by atoms with Crippen molar-refractivity contribution in [2.45, 2.75) is 18.4 Å². The van der Waals surface area contributed by atoms with Gasteiger partial charge in [0.1, 0.15) is 6.29 Å². The quantitative estimate of drug-likeness (QED) is 0.427. The Hall–Kier alpha value is 0.210. The highest BCUT2D eigenvalue weighted by atomic mass is 35.5. The number of alkyl halides is 2. The number of aliphatic hydroxyl groups is 1. The van der Waals surface area contributed by atoms with Crippen LogP contribution in [0.2, 0.25) is 0 Å². The van der Waals surface area contributed by atoms with E-state index in [1.54, 1.807) is 0 Å². The molecule has 4 heteroatoms. The lowest BCUT2D eigenvalue weighted by atomic mass is 10.9. The molecule has 0 rings (SSSR count). The number of hydrogen-bond donors (Lipinski definition) is 1. The SMILES string of the molecule is CC(O)(Cl)Cl.CC=O. The molecule has 0 aliphatic heterocycles. The van der Waals surface area contributed by atoms with Crippen LogP contribution in [0.3, 0.4) is 0 Å². The molecule has 0 aromatic carbocycles. The fourth-order valence-electron chi connectivity index (χ4n) is 0. The van der Waals surface area contributed by atoms with E-state index in [4.69, 9.17) is 33.1 Å². The van der Waals surface area contributed by atoms with Gasteiger partial charge in [-0.15, -0.1) is 0 Å². The van der Waals surface area contributed by atoms with Crippen molar-refractivity contribution in [2.24, 2.45) is 0 Å². The molecule has 0 fully saturated rings. The van der Waals surface area contributed by atoms with Gasteiger partial charge >= 0.3 is 0 Å². The first-order chi connectivity index (χ1) is 3.41. The van der Waals surface area contributed by atoms with Gasteiger partial charge in [-0.25, -0.2) is 0 Å². The van der Waals surface area contributed by atoms with Crippen LogP contribution in [0, 0.1) is 0 Å². The summed E-state index contributed by atoms with van der Waals surface area (Å²) in [5, 5.41) is 8.05. The van der Waals surface area contributed by atoms with Crippen LogP contribution in [-0.4, -0.2) is 15.9 Å². The molecule has 1 N–H and O–H groups in total. The molecule has 0 radical (unpaired) electrons. The maximum atomic E-state index is 8.81. The summed E-state index contributed by atoms with van der Waals surface area (Å²) < 4.78 is -1.56.